The average molecular weight is 295 g/mol. The number of amides is 1. The number of benzene rings is 1. The second-order valence-corrected chi connectivity index (χ2v) is 5.78. The summed E-state index contributed by atoms with van der Waals surface area (Å²) in [7, 11) is 0. The van der Waals surface area contributed by atoms with Gasteiger partial charge in [-0.3, -0.25) is 4.79 Å². The zero-order chi connectivity index (χ0) is 15.3. The number of halogens is 1. The maximum atomic E-state index is 12.7. The minimum absolute atomic E-state index is 0.105. The normalized spacial score (nSPS) is 17.6. The lowest BCUT2D eigenvalue weighted by molar-refractivity contribution is -0.135. The highest BCUT2D eigenvalue weighted by Gasteiger charge is 2.29. The number of rotatable bonds is 5. The SMILES string of the molecule is CC1(O)CCN(C(=O)CCCOc2ccc(F)cc2)CC1. The first kappa shape index (κ1) is 15.8. The van der Waals surface area contributed by atoms with Gasteiger partial charge in [0.2, 0.25) is 5.91 Å². The molecule has 1 amide bonds. The van der Waals surface area contributed by atoms with Crippen LogP contribution in [0.4, 0.5) is 4.39 Å². The van der Waals surface area contributed by atoms with Crippen molar-refractivity contribution in [2.75, 3.05) is 19.7 Å². The van der Waals surface area contributed by atoms with Crippen molar-refractivity contribution in [2.24, 2.45) is 0 Å². The van der Waals surface area contributed by atoms with E-state index in [1.807, 2.05) is 6.92 Å². The number of carbonyl (C=O) groups excluding carboxylic acids is 1. The molecule has 1 N–H and O–H groups in total. The number of carbonyl (C=O) groups is 1. The van der Waals surface area contributed by atoms with Crippen LogP contribution >= 0.6 is 0 Å². The van der Waals surface area contributed by atoms with Crippen molar-refractivity contribution in [3.05, 3.63) is 30.1 Å². The summed E-state index contributed by atoms with van der Waals surface area (Å²) in [6, 6.07) is 5.84. The van der Waals surface area contributed by atoms with Crippen molar-refractivity contribution < 1.29 is 19.0 Å². The van der Waals surface area contributed by atoms with Crippen LogP contribution in [0.5, 0.6) is 5.75 Å². The van der Waals surface area contributed by atoms with Crippen molar-refractivity contribution >= 4 is 5.91 Å². The van der Waals surface area contributed by atoms with Gasteiger partial charge in [-0.1, -0.05) is 0 Å². The van der Waals surface area contributed by atoms with Crippen LogP contribution in [0.25, 0.3) is 0 Å². The minimum Gasteiger partial charge on any atom is -0.494 e. The smallest absolute Gasteiger partial charge is 0.222 e. The predicted octanol–water partition coefficient (Wildman–Crippen LogP) is 2.36. The molecule has 0 bridgehead atoms. The molecule has 1 saturated heterocycles. The van der Waals surface area contributed by atoms with Crippen LogP contribution in [0.1, 0.15) is 32.6 Å². The van der Waals surface area contributed by atoms with Gasteiger partial charge in [-0.2, -0.15) is 0 Å². The van der Waals surface area contributed by atoms with Crippen LogP contribution < -0.4 is 4.74 Å². The van der Waals surface area contributed by atoms with Crippen LogP contribution in [-0.4, -0.2) is 41.2 Å². The fourth-order valence-electron chi connectivity index (χ4n) is 2.34. The van der Waals surface area contributed by atoms with Gasteiger partial charge in [-0.15, -0.1) is 0 Å². The largest absolute Gasteiger partial charge is 0.494 e. The summed E-state index contributed by atoms with van der Waals surface area (Å²) >= 11 is 0. The zero-order valence-electron chi connectivity index (χ0n) is 12.3. The Morgan fingerprint density at radius 3 is 2.57 bits per heavy atom. The molecule has 0 unspecified atom stereocenters. The molecule has 0 radical (unpaired) electrons. The third kappa shape index (κ3) is 5.01. The van der Waals surface area contributed by atoms with Gasteiger partial charge in [0.1, 0.15) is 11.6 Å². The number of aliphatic hydroxyl groups is 1. The first-order valence-corrected chi connectivity index (χ1v) is 7.35. The fraction of sp³-hybridized carbons (Fsp3) is 0.562. The molecule has 1 aromatic carbocycles. The van der Waals surface area contributed by atoms with E-state index in [1.54, 1.807) is 17.0 Å². The molecule has 0 spiro atoms. The summed E-state index contributed by atoms with van der Waals surface area (Å²) in [6.45, 7) is 3.48. The Labute approximate surface area is 124 Å². The van der Waals surface area contributed by atoms with Crippen molar-refractivity contribution in [1.82, 2.24) is 4.90 Å². The Morgan fingerprint density at radius 2 is 1.95 bits per heavy atom. The second kappa shape index (κ2) is 6.89. The van der Waals surface area contributed by atoms with E-state index in [2.05, 4.69) is 0 Å². The summed E-state index contributed by atoms with van der Waals surface area (Å²) < 4.78 is 18.2. The van der Waals surface area contributed by atoms with Crippen LogP contribution in [0.3, 0.4) is 0 Å². The zero-order valence-corrected chi connectivity index (χ0v) is 12.3. The van der Waals surface area contributed by atoms with Gasteiger partial charge in [0.15, 0.2) is 0 Å². The summed E-state index contributed by atoms with van der Waals surface area (Å²) in [5, 5.41) is 9.85. The molecule has 1 aliphatic rings. The van der Waals surface area contributed by atoms with Crippen molar-refractivity contribution in [2.45, 2.75) is 38.2 Å². The molecule has 0 aromatic heterocycles. The first-order chi connectivity index (χ1) is 9.96. The van der Waals surface area contributed by atoms with E-state index < -0.39 is 5.60 Å². The molecular formula is C16H22FNO3. The van der Waals surface area contributed by atoms with Gasteiger partial charge in [-0.05, 0) is 50.5 Å². The summed E-state index contributed by atoms with van der Waals surface area (Å²) in [5.41, 5.74) is -0.636. The lowest BCUT2D eigenvalue weighted by Gasteiger charge is -2.35. The maximum Gasteiger partial charge on any atom is 0.222 e. The quantitative estimate of drug-likeness (QED) is 0.848. The van der Waals surface area contributed by atoms with E-state index in [0.717, 1.165) is 0 Å². The van der Waals surface area contributed by atoms with Gasteiger partial charge in [0, 0.05) is 19.5 Å². The lowest BCUT2D eigenvalue weighted by atomic mass is 9.93. The van der Waals surface area contributed by atoms with Crippen molar-refractivity contribution in [1.29, 1.82) is 0 Å². The molecule has 1 fully saturated rings. The number of nitrogens with zero attached hydrogens (tertiary/aromatic N) is 1. The van der Waals surface area contributed by atoms with E-state index in [4.69, 9.17) is 4.74 Å². The fourth-order valence-corrected chi connectivity index (χ4v) is 2.34. The van der Waals surface area contributed by atoms with E-state index in [0.29, 0.717) is 51.1 Å². The molecular weight excluding hydrogens is 273 g/mol. The van der Waals surface area contributed by atoms with Crippen LogP contribution in [-0.2, 0) is 4.79 Å². The molecule has 0 saturated carbocycles. The molecule has 116 valence electrons. The maximum absolute atomic E-state index is 12.7. The van der Waals surface area contributed by atoms with E-state index in [1.165, 1.54) is 12.1 Å². The lowest BCUT2D eigenvalue weighted by Crippen LogP contribution is -2.45. The Morgan fingerprint density at radius 1 is 1.33 bits per heavy atom. The standard InChI is InChI=1S/C16H22FNO3/c1-16(20)8-10-18(11-9-16)15(19)3-2-12-21-14-6-4-13(17)5-7-14/h4-7,20H,2-3,8-12H2,1H3. The molecule has 2 rings (SSSR count). The highest BCUT2D eigenvalue weighted by atomic mass is 19.1. The van der Waals surface area contributed by atoms with Gasteiger partial charge >= 0.3 is 0 Å². The van der Waals surface area contributed by atoms with Gasteiger partial charge < -0.3 is 14.7 Å². The Hall–Kier alpha value is -1.62. The highest BCUT2D eigenvalue weighted by Crippen LogP contribution is 2.21. The van der Waals surface area contributed by atoms with E-state index in [9.17, 15) is 14.3 Å². The van der Waals surface area contributed by atoms with Crippen LogP contribution in [0.2, 0.25) is 0 Å². The molecule has 1 aliphatic heterocycles. The molecule has 0 atom stereocenters. The Balaban J connectivity index is 1.64. The summed E-state index contributed by atoms with van der Waals surface area (Å²) in [6.07, 6.45) is 2.32. The number of hydrogen-bond acceptors (Lipinski definition) is 3. The Kier molecular flexibility index (Phi) is 5.17. The molecule has 21 heavy (non-hydrogen) atoms. The monoisotopic (exact) mass is 295 g/mol. The number of ether oxygens (including phenoxy) is 1. The number of piperidine rings is 1. The number of likely N-dealkylation sites (tertiary alicyclic amines) is 1. The highest BCUT2D eigenvalue weighted by molar-refractivity contribution is 5.76. The van der Waals surface area contributed by atoms with E-state index >= 15 is 0 Å². The van der Waals surface area contributed by atoms with Crippen molar-refractivity contribution in [3.8, 4) is 5.75 Å². The topological polar surface area (TPSA) is 49.8 Å². The van der Waals surface area contributed by atoms with Gasteiger partial charge in [0.25, 0.3) is 0 Å². The van der Waals surface area contributed by atoms with E-state index in [-0.39, 0.29) is 11.7 Å². The average Bonchev–Trinajstić information content (AvgIpc) is 2.45. The summed E-state index contributed by atoms with van der Waals surface area (Å²) in [4.78, 5) is 13.8. The van der Waals surface area contributed by atoms with Crippen LogP contribution in [0.15, 0.2) is 24.3 Å². The molecule has 1 heterocycles. The molecule has 1 aromatic rings. The number of hydrogen-bond donors (Lipinski definition) is 1. The Bertz CT molecular complexity index is 463. The second-order valence-electron chi connectivity index (χ2n) is 5.78. The third-order valence-electron chi connectivity index (χ3n) is 3.81. The predicted molar refractivity (Wildman–Crippen MR) is 77.6 cm³/mol. The molecule has 4 nitrogen and oxygen atoms in total. The van der Waals surface area contributed by atoms with Gasteiger partial charge in [-0.25, -0.2) is 4.39 Å². The molecule has 0 aliphatic carbocycles. The van der Waals surface area contributed by atoms with Gasteiger partial charge in [0.05, 0.1) is 12.2 Å². The minimum atomic E-state index is -0.636. The van der Waals surface area contributed by atoms with Crippen molar-refractivity contribution in [3.63, 3.8) is 0 Å². The van der Waals surface area contributed by atoms with Crippen LogP contribution in [0, 0.1) is 5.82 Å². The third-order valence-corrected chi connectivity index (χ3v) is 3.81. The first-order valence-electron chi connectivity index (χ1n) is 7.35. The molecule has 5 heteroatoms. The summed E-state index contributed by atoms with van der Waals surface area (Å²) in [5.74, 6) is 0.421.